The third-order valence-electron chi connectivity index (χ3n) is 4.38. The molecule has 3 rings (SSSR count). The molecule has 0 aliphatic carbocycles. The molecular weight excluding hydrogens is 268 g/mol. The van der Waals surface area contributed by atoms with Gasteiger partial charge in [-0.15, -0.1) is 11.8 Å². The van der Waals surface area contributed by atoms with Crippen LogP contribution in [0.3, 0.4) is 0 Å². The number of rotatable bonds is 4. The molecule has 0 aromatic heterocycles. The van der Waals surface area contributed by atoms with Crippen molar-refractivity contribution in [1.29, 1.82) is 0 Å². The number of benzene rings is 1. The normalized spacial score (nSPS) is 22.7. The second kappa shape index (κ2) is 6.37. The molecule has 0 saturated carbocycles. The van der Waals surface area contributed by atoms with E-state index in [4.69, 9.17) is 4.74 Å². The molecule has 0 atom stereocenters. The number of likely N-dealkylation sites (N-methyl/N-ethyl adjacent to an activating group) is 1. The molecule has 20 heavy (non-hydrogen) atoms. The van der Waals surface area contributed by atoms with Crippen LogP contribution < -0.4 is 4.74 Å². The first-order chi connectivity index (χ1) is 9.74. The van der Waals surface area contributed by atoms with Crippen LogP contribution in [0.2, 0.25) is 0 Å². The Labute approximate surface area is 126 Å². The third kappa shape index (κ3) is 3.30. The van der Waals surface area contributed by atoms with Gasteiger partial charge in [-0.2, -0.15) is 0 Å². The molecule has 1 aromatic carbocycles. The van der Waals surface area contributed by atoms with E-state index in [1.54, 1.807) is 11.8 Å². The molecule has 2 saturated heterocycles. The van der Waals surface area contributed by atoms with Crippen LogP contribution >= 0.6 is 11.8 Å². The van der Waals surface area contributed by atoms with Crippen molar-refractivity contribution in [1.82, 2.24) is 9.80 Å². The fraction of sp³-hybridized carbons (Fsp3) is 0.625. The van der Waals surface area contributed by atoms with Crippen molar-refractivity contribution >= 4 is 11.8 Å². The molecule has 0 N–H and O–H groups in total. The van der Waals surface area contributed by atoms with Gasteiger partial charge in [-0.25, -0.2) is 0 Å². The van der Waals surface area contributed by atoms with Crippen LogP contribution in [0.4, 0.5) is 0 Å². The van der Waals surface area contributed by atoms with Crippen molar-refractivity contribution in [2.75, 3.05) is 39.5 Å². The van der Waals surface area contributed by atoms with Gasteiger partial charge >= 0.3 is 0 Å². The highest BCUT2D eigenvalue weighted by molar-refractivity contribution is 7.98. The lowest BCUT2D eigenvalue weighted by Gasteiger charge is -2.46. The quantitative estimate of drug-likeness (QED) is 0.792. The van der Waals surface area contributed by atoms with Gasteiger partial charge in [0.2, 0.25) is 0 Å². The minimum Gasteiger partial charge on any atom is -0.490 e. The van der Waals surface area contributed by atoms with Crippen LogP contribution in [0, 0.1) is 0 Å². The Morgan fingerprint density at radius 2 is 1.95 bits per heavy atom. The Bertz CT molecular complexity index is 440. The summed E-state index contributed by atoms with van der Waals surface area (Å²) in [5, 5.41) is 0. The summed E-state index contributed by atoms with van der Waals surface area (Å²) in [6, 6.07) is 9.24. The highest BCUT2D eigenvalue weighted by Gasteiger charge is 2.32. The minimum atomic E-state index is 0.390. The van der Waals surface area contributed by atoms with E-state index in [0.29, 0.717) is 6.10 Å². The number of hydrogen-bond donors (Lipinski definition) is 0. The SMILES string of the molecule is CSc1cccc(OC2CCN(C3CN(C)C3)CC2)c1. The first kappa shape index (κ1) is 14.2. The predicted molar refractivity (Wildman–Crippen MR) is 84.7 cm³/mol. The molecule has 1 aromatic rings. The molecule has 3 nitrogen and oxygen atoms in total. The van der Waals surface area contributed by atoms with Gasteiger partial charge in [0, 0.05) is 37.1 Å². The van der Waals surface area contributed by atoms with Gasteiger partial charge in [-0.3, -0.25) is 4.90 Å². The second-order valence-electron chi connectivity index (χ2n) is 5.91. The maximum atomic E-state index is 6.15. The molecule has 2 aliphatic heterocycles. The lowest BCUT2D eigenvalue weighted by Crippen LogP contribution is -2.59. The van der Waals surface area contributed by atoms with E-state index in [0.717, 1.165) is 24.6 Å². The average Bonchev–Trinajstić information content (AvgIpc) is 2.45. The van der Waals surface area contributed by atoms with Crippen LogP contribution in [0.1, 0.15) is 12.8 Å². The van der Waals surface area contributed by atoms with Gasteiger partial charge in [0.05, 0.1) is 0 Å². The zero-order valence-corrected chi connectivity index (χ0v) is 13.2. The van der Waals surface area contributed by atoms with Gasteiger partial charge in [0.15, 0.2) is 0 Å². The van der Waals surface area contributed by atoms with Gasteiger partial charge in [-0.05, 0) is 44.3 Å². The number of thioether (sulfide) groups is 1. The summed E-state index contributed by atoms with van der Waals surface area (Å²) in [5.74, 6) is 1.03. The standard InChI is InChI=1S/C16H24N2OS/c1-17-11-13(12-17)18-8-6-14(7-9-18)19-15-4-3-5-16(10-15)20-2/h3-5,10,13-14H,6-9,11-12H2,1-2H3. The van der Waals surface area contributed by atoms with E-state index < -0.39 is 0 Å². The van der Waals surface area contributed by atoms with E-state index in [2.05, 4.69) is 47.4 Å². The van der Waals surface area contributed by atoms with Crippen molar-refractivity contribution in [3.8, 4) is 5.75 Å². The Hall–Kier alpha value is -0.710. The number of nitrogens with zero attached hydrogens (tertiary/aromatic N) is 2. The van der Waals surface area contributed by atoms with Crippen molar-refractivity contribution < 1.29 is 4.74 Å². The van der Waals surface area contributed by atoms with Crippen molar-refractivity contribution in [2.45, 2.75) is 29.9 Å². The third-order valence-corrected chi connectivity index (χ3v) is 5.11. The molecule has 0 unspecified atom stereocenters. The Balaban J connectivity index is 1.48. The molecule has 2 aliphatic rings. The maximum absolute atomic E-state index is 6.15. The van der Waals surface area contributed by atoms with Crippen LogP contribution in [0.15, 0.2) is 29.2 Å². The molecule has 0 bridgehead atoms. The summed E-state index contributed by atoms with van der Waals surface area (Å²) in [6.45, 7) is 4.85. The Kier molecular flexibility index (Phi) is 4.54. The summed E-state index contributed by atoms with van der Waals surface area (Å²) >= 11 is 1.77. The van der Waals surface area contributed by atoms with Gasteiger partial charge in [0.25, 0.3) is 0 Å². The highest BCUT2D eigenvalue weighted by Crippen LogP contribution is 2.25. The fourth-order valence-corrected chi connectivity index (χ4v) is 3.57. The first-order valence-electron chi connectivity index (χ1n) is 7.48. The monoisotopic (exact) mass is 292 g/mol. The number of likely N-dealkylation sites (tertiary alicyclic amines) is 2. The predicted octanol–water partition coefficient (Wildman–Crippen LogP) is 2.57. The summed E-state index contributed by atoms with van der Waals surface area (Å²) < 4.78 is 6.15. The number of piperidine rings is 1. The van der Waals surface area contributed by atoms with E-state index in [9.17, 15) is 0 Å². The molecule has 2 heterocycles. The summed E-state index contributed by atoms with van der Waals surface area (Å²) in [4.78, 5) is 6.30. The van der Waals surface area contributed by atoms with Gasteiger partial charge in [0.1, 0.15) is 11.9 Å². The molecule has 0 amide bonds. The second-order valence-corrected chi connectivity index (χ2v) is 6.79. The van der Waals surface area contributed by atoms with Crippen LogP contribution in [-0.4, -0.2) is 61.4 Å². The first-order valence-corrected chi connectivity index (χ1v) is 8.70. The van der Waals surface area contributed by atoms with Crippen molar-refractivity contribution in [2.24, 2.45) is 0 Å². The van der Waals surface area contributed by atoms with E-state index in [1.807, 2.05) is 0 Å². The largest absolute Gasteiger partial charge is 0.490 e. The molecule has 110 valence electrons. The maximum Gasteiger partial charge on any atom is 0.120 e. The summed E-state index contributed by atoms with van der Waals surface area (Å²) in [7, 11) is 2.20. The zero-order chi connectivity index (χ0) is 13.9. The lowest BCUT2D eigenvalue weighted by atomic mass is 10.0. The summed E-state index contributed by atoms with van der Waals surface area (Å²) in [6.07, 6.45) is 4.81. The molecular formula is C16H24N2OS. The van der Waals surface area contributed by atoms with Crippen LogP contribution in [0.5, 0.6) is 5.75 Å². The van der Waals surface area contributed by atoms with E-state index >= 15 is 0 Å². The Morgan fingerprint density at radius 3 is 2.60 bits per heavy atom. The number of ether oxygens (including phenoxy) is 1. The fourth-order valence-electron chi connectivity index (χ4n) is 3.12. The molecule has 4 heteroatoms. The average molecular weight is 292 g/mol. The van der Waals surface area contributed by atoms with Gasteiger partial charge < -0.3 is 9.64 Å². The molecule has 0 radical (unpaired) electrons. The smallest absolute Gasteiger partial charge is 0.120 e. The Morgan fingerprint density at radius 1 is 1.20 bits per heavy atom. The van der Waals surface area contributed by atoms with Crippen LogP contribution in [-0.2, 0) is 0 Å². The molecule has 0 spiro atoms. The minimum absolute atomic E-state index is 0.390. The lowest BCUT2D eigenvalue weighted by molar-refractivity contribution is 0.0123. The summed E-state index contributed by atoms with van der Waals surface area (Å²) in [5.41, 5.74) is 0. The zero-order valence-electron chi connectivity index (χ0n) is 12.4. The topological polar surface area (TPSA) is 15.7 Å². The van der Waals surface area contributed by atoms with E-state index in [1.165, 1.54) is 31.1 Å². The molecule has 2 fully saturated rings. The van der Waals surface area contributed by atoms with Crippen LogP contribution in [0.25, 0.3) is 0 Å². The number of hydrogen-bond acceptors (Lipinski definition) is 4. The van der Waals surface area contributed by atoms with E-state index in [-0.39, 0.29) is 0 Å². The van der Waals surface area contributed by atoms with Crippen molar-refractivity contribution in [3.63, 3.8) is 0 Å². The highest BCUT2D eigenvalue weighted by atomic mass is 32.2. The van der Waals surface area contributed by atoms with Gasteiger partial charge in [-0.1, -0.05) is 6.07 Å². The van der Waals surface area contributed by atoms with Crippen molar-refractivity contribution in [3.05, 3.63) is 24.3 Å².